The summed E-state index contributed by atoms with van der Waals surface area (Å²) in [6, 6.07) is 5.05. The first-order valence-electron chi connectivity index (χ1n) is 7.66. The molecule has 23 heavy (non-hydrogen) atoms. The molecule has 1 aromatic carbocycles. The Hall–Kier alpha value is -1.30. The Balaban J connectivity index is 2.10. The van der Waals surface area contributed by atoms with Crippen molar-refractivity contribution >= 4 is 40.7 Å². The van der Waals surface area contributed by atoms with Gasteiger partial charge in [-0.1, -0.05) is 36.2 Å². The zero-order valence-electron chi connectivity index (χ0n) is 13.4. The van der Waals surface area contributed by atoms with Gasteiger partial charge in [0.2, 0.25) is 11.8 Å². The van der Waals surface area contributed by atoms with E-state index in [1.807, 2.05) is 0 Å². The molecule has 1 heterocycles. The summed E-state index contributed by atoms with van der Waals surface area (Å²) in [4.78, 5) is 29.9. The Morgan fingerprint density at radius 2 is 1.83 bits per heavy atom. The fourth-order valence-corrected chi connectivity index (χ4v) is 3.01. The van der Waals surface area contributed by atoms with E-state index in [0.29, 0.717) is 23.8 Å². The molecule has 0 unspecified atom stereocenters. The molecule has 1 fully saturated rings. The zero-order chi connectivity index (χ0) is 17.0. The second kappa shape index (κ2) is 7.99. The number of benzene rings is 1. The van der Waals surface area contributed by atoms with Crippen LogP contribution in [0.4, 0.5) is 5.69 Å². The van der Waals surface area contributed by atoms with Crippen LogP contribution in [-0.2, 0) is 9.59 Å². The van der Waals surface area contributed by atoms with E-state index in [9.17, 15) is 9.59 Å². The maximum absolute atomic E-state index is 12.5. The minimum absolute atomic E-state index is 0.0263. The molecule has 0 aromatic heterocycles. The monoisotopic (exact) mass is 357 g/mol. The molecule has 0 radical (unpaired) electrons. The molecule has 7 heteroatoms. The van der Waals surface area contributed by atoms with E-state index in [1.165, 1.54) is 11.8 Å². The van der Waals surface area contributed by atoms with E-state index in [4.69, 9.17) is 23.2 Å². The molecule has 5 nitrogen and oxygen atoms in total. The van der Waals surface area contributed by atoms with Gasteiger partial charge < -0.3 is 14.7 Å². The Kier molecular flexibility index (Phi) is 6.27. The Labute approximate surface area is 146 Å². The van der Waals surface area contributed by atoms with Gasteiger partial charge in [0.25, 0.3) is 0 Å². The highest BCUT2D eigenvalue weighted by Crippen LogP contribution is 2.32. The van der Waals surface area contributed by atoms with Crippen molar-refractivity contribution in [2.75, 3.05) is 44.2 Å². The SMILES string of the molecule is CCN1CCN(C(=O)CN(C(C)=O)c2cccc(Cl)c2Cl)CC1. The van der Waals surface area contributed by atoms with Crippen LogP contribution in [0.25, 0.3) is 0 Å². The molecule has 0 spiro atoms. The lowest BCUT2D eigenvalue weighted by Crippen LogP contribution is -2.51. The number of halogens is 2. The summed E-state index contributed by atoms with van der Waals surface area (Å²) < 4.78 is 0. The van der Waals surface area contributed by atoms with E-state index in [-0.39, 0.29) is 23.4 Å². The third-order valence-corrected chi connectivity index (χ3v) is 4.88. The second-order valence-electron chi connectivity index (χ2n) is 5.49. The highest BCUT2D eigenvalue weighted by molar-refractivity contribution is 6.44. The van der Waals surface area contributed by atoms with Gasteiger partial charge in [-0.2, -0.15) is 0 Å². The van der Waals surface area contributed by atoms with Gasteiger partial charge in [-0.25, -0.2) is 0 Å². The fraction of sp³-hybridized carbons (Fsp3) is 0.500. The highest BCUT2D eigenvalue weighted by atomic mass is 35.5. The molecule has 126 valence electrons. The van der Waals surface area contributed by atoms with E-state index in [1.54, 1.807) is 23.1 Å². The van der Waals surface area contributed by atoms with Gasteiger partial charge in [0.15, 0.2) is 0 Å². The summed E-state index contributed by atoms with van der Waals surface area (Å²) in [5, 5.41) is 0.646. The fourth-order valence-electron chi connectivity index (χ4n) is 2.62. The average Bonchev–Trinajstić information content (AvgIpc) is 2.55. The van der Waals surface area contributed by atoms with E-state index in [2.05, 4.69) is 11.8 Å². The molecular weight excluding hydrogens is 337 g/mol. The number of anilines is 1. The molecule has 2 amide bonds. The number of nitrogens with zero attached hydrogens (tertiary/aromatic N) is 3. The smallest absolute Gasteiger partial charge is 0.242 e. The van der Waals surface area contributed by atoms with Crippen molar-refractivity contribution in [3.05, 3.63) is 28.2 Å². The molecule has 1 aliphatic heterocycles. The molecule has 1 aromatic rings. The molecule has 0 atom stereocenters. The summed E-state index contributed by atoms with van der Waals surface area (Å²) in [7, 11) is 0. The number of piperazine rings is 1. The maximum atomic E-state index is 12.5. The van der Waals surface area contributed by atoms with Crippen LogP contribution in [-0.4, -0.2) is 60.9 Å². The molecule has 0 N–H and O–H groups in total. The molecule has 0 bridgehead atoms. The van der Waals surface area contributed by atoms with Crippen LogP contribution in [0.1, 0.15) is 13.8 Å². The lowest BCUT2D eigenvalue weighted by atomic mass is 10.2. The highest BCUT2D eigenvalue weighted by Gasteiger charge is 2.25. The summed E-state index contributed by atoms with van der Waals surface area (Å²) in [6.07, 6.45) is 0. The summed E-state index contributed by atoms with van der Waals surface area (Å²) in [5.41, 5.74) is 0.465. The predicted octanol–water partition coefficient (Wildman–Crippen LogP) is 2.51. The standard InChI is InChI=1S/C16H21Cl2N3O2/c1-3-19-7-9-20(10-8-19)15(23)11-21(12(2)22)14-6-4-5-13(17)16(14)18/h4-6H,3,7-11H2,1-2H3. The van der Waals surface area contributed by atoms with Crippen molar-refractivity contribution in [2.24, 2.45) is 0 Å². The Bertz CT molecular complexity index is 587. The lowest BCUT2D eigenvalue weighted by Gasteiger charge is -2.35. The van der Waals surface area contributed by atoms with Crippen LogP contribution >= 0.6 is 23.2 Å². The first kappa shape index (κ1) is 18.0. The zero-order valence-corrected chi connectivity index (χ0v) is 14.9. The van der Waals surface area contributed by atoms with Crippen LogP contribution in [0.15, 0.2) is 18.2 Å². The first-order valence-corrected chi connectivity index (χ1v) is 8.42. The van der Waals surface area contributed by atoms with Crippen molar-refractivity contribution in [1.29, 1.82) is 0 Å². The lowest BCUT2D eigenvalue weighted by molar-refractivity contribution is -0.132. The number of amides is 2. The predicted molar refractivity (Wildman–Crippen MR) is 93.2 cm³/mol. The third-order valence-electron chi connectivity index (χ3n) is 4.07. The number of hydrogen-bond acceptors (Lipinski definition) is 3. The van der Waals surface area contributed by atoms with Crippen LogP contribution in [0, 0.1) is 0 Å². The van der Waals surface area contributed by atoms with Crippen LogP contribution in [0.3, 0.4) is 0 Å². The van der Waals surface area contributed by atoms with Gasteiger partial charge in [-0.3, -0.25) is 9.59 Å². The molecular formula is C16H21Cl2N3O2. The van der Waals surface area contributed by atoms with Gasteiger partial charge in [-0.05, 0) is 18.7 Å². The normalized spacial score (nSPS) is 15.6. The number of carbonyl (C=O) groups is 2. The molecule has 1 aliphatic rings. The number of likely N-dealkylation sites (N-methyl/N-ethyl adjacent to an activating group) is 1. The van der Waals surface area contributed by atoms with Crippen LogP contribution in [0.5, 0.6) is 0 Å². The van der Waals surface area contributed by atoms with E-state index < -0.39 is 0 Å². The average molecular weight is 358 g/mol. The molecule has 1 saturated heterocycles. The summed E-state index contributed by atoms with van der Waals surface area (Å²) >= 11 is 12.2. The molecule has 0 aliphatic carbocycles. The number of rotatable bonds is 4. The van der Waals surface area contributed by atoms with Crippen molar-refractivity contribution in [3.8, 4) is 0 Å². The van der Waals surface area contributed by atoms with Crippen molar-refractivity contribution in [3.63, 3.8) is 0 Å². The van der Waals surface area contributed by atoms with Gasteiger partial charge in [0.05, 0.1) is 15.7 Å². The molecule has 0 saturated carbocycles. The van der Waals surface area contributed by atoms with Crippen LogP contribution in [0.2, 0.25) is 10.0 Å². The van der Waals surface area contributed by atoms with Gasteiger partial charge >= 0.3 is 0 Å². The molecule has 2 rings (SSSR count). The summed E-state index contributed by atoms with van der Waals surface area (Å²) in [5.74, 6) is -0.318. The largest absolute Gasteiger partial charge is 0.339 e. The first-order chi connectivity index (χ1) is 10.9. The minimum atomic E-state index is -0.241. The number of hydrogen-bond donors (Lipinski definition) is 0. The van der Waals surface area contributed by atoms with E-state index in [0.717, 1.165) is 19.6 Å². The summed E-state index contributed by atoms with van der Waals surface area (Å²) in [6.45, 7) is 7.57. The van der Waals surface area contributed by atoms with E-state index >= 15 is 0 Å². The van der Waals surface area contributed by atoms with Gasteiger partial charge in [0, 0.05) is 33.1 Å². The third kappa shape index (κ3) is 4.37. The van der Waals surface area contributed by atoms with Crippen LogP contribution < -0.4 is 4.90 Å². The number of carbonyl (C=O) groups excluding carboxylic acids is 2. The quantitative estimate of drug-likeness (QED) is 0.831. The Morgan fingerprint density at radius 3 is 2.39 bits per heavy atom. The topological polar surface area (TPSA) is 43.9 Å². The van der Waals surface area contributed by atoms with Gasteiger partial charge in [0.1, 0.15) is 6.54 Å². The maximum Gasteiger partial charge on any atom is 0.242 e. The second-order valence-corrected chi connectivity index (χ2v) is 6.28. The van der Waals surface area contributed by atoms with Crippen molar-refractivity contribution in [1.82, 2.24) is 9.80 Å². The van der Waals surface area contributed by atoms with Crippen molar-refractivity contribution in [2.45, 2.75) is 13.8 Å². The van der Waals surface area contributed by atoms with Gasteiger partial charge in [-0.15, -0.1) is 0 Å². The van der Waals surface area contributed by atoms with Crippen molar-refractivity contribution < 1.29 is 9.59 Å². The Morgan fingerprint density at radius 1 is 1.17 bits per heavy atom. The minimum Gasteiger partial charge on any atom is -0.339 e.